The van der Waals surface area contributed by atoms with Crippen LogP contribution in [0.2, 0.25) is 0 Å². The fourth-order valence-electron chi connectivity index (χ4n) is 6.39. The zero-order valence-corrected chi connectivity index (χ0v) is 25.7. The summed E-state index contributed by atoms with van der Waals surface area (Å²) in [6.45, 7) is 25.5. The number of fused-ring (bicyclic) bond motifs is 4. The first-order valence-electron chi connectivity index (χ1n) is 14.2. The Labute approximate surface area is 233 Å². The van der Waals surface area contributed by atoms with Crippen molar-refractivity contribution in [2.75, 3.05) is 0 Å². The molecule has 4 aliphatic rings. The molecule has 6 nitrogen and oxygen atoms in total. The molecule has 0 atom stereocenters. The Balaban J connectivity index is 1.41. The van der Waals surface area contributed by atoms with Gasteiger partial charge in [0.25, 0.3) is 5.79 Å². The van der Waals surface area contributed by atoms with Crippen LogP contribution in [0.3, 0.4) is 0 Å². The van der Waals surface area contributed by atoms with Crippen LogP contribution in [0.1, 0.15) is 107 Å². The van der Waals surface area contributed by atoms with Gasteiger partial charge in [-0.15, -0.1) is 0 Å². The average Bonchev–Trinajstić information content (AvgIpc) is 2.72. The standard InChI is InChI=1S/C33H44O6/c1-27(2)17-33(38-21-15-25-23(13-19(21)27)34-29(5,6)31(9,10)36-25)18-28(3,4)20-14-24-26(16-22(20)39-33)37-32(11,12)30(7,8)35-24/h13-16H,17-18H2,1-12H3. The molecule has 6 rings (SSSR count). The first-order chi connectivity index (χ1) is 17.7. The lowest BCUT2D eigenvalue weighted by Gasteiger charge is -2.52. The summed E-state index contributed by atoms with van der Waals surface area (Å²) in [5.41, 5.74) is -0.182. The van der Waals surface area contributed by atoms with E-state index in [0.29, 0.717) is 24.3 Å². The van der Waals surface area contributed by atoms with Crippen molar-refractivity contribution in [2.45, 2.75) is 135 Å². The van der Waals surface area contributed by atoms with E-state index in [0.717, 1.165) is 34.1 Å². The summed E-state index contributed by atoms with van der Waals surface area (Å²) in [5.74, 6) is 3.64. The zero-order chi connectivity index (χ0) is 28.6. The molecule has 0 fully saturated rings. The number of benzene rings is 2. The average molecular weight is 537 g/mol. The summed E-state index contributed by atoms with van der Waals surface area (Å²) in [7, 11) is 0. The molecule has 0 N–H and O–H groups in total. The summed E-state index contributed by atoms with van der Waals surface area (Å²) < 4.78 is 39.6. The molecule has 39 heavy (non-hydrogen) atoms. The van der Waals surface area contributed by atoms with Crippen molar-refractivity contribution >= 4 is 0 Å². The van der Waals surface area contributed by atoms with Crippen LogP contribution in [-0.4, -0.2) is 28.2 Å². The van der Waals surface area contributed by atoms with Crippen LogP contribution in [0.15, 0.2) is 24.3 Å². The summed E-state index contributed by atoms with van der Waals surface area (Å²) in [6.07, 6.45) is 1.38. The van der Waals surface area contributed by atoms with Crippen molar-refractivity contribution in [3.8, 4) is 34.5 Å². The quantitative estimate of drug-likeness (QED) is 0.342. The van der Waals surface area contributed by atoms with Crippen LogP contribution in [0.25, 0.3) is 0 Å². The molecule has 0 saturated carbocycles. The number of hydrogen-bond acceptors (Lipinski definition) is 6. The summed E-state index contributed by atoms with van der Waals surface area (Å²) >= 11 is 0. The molecule has 4 heterocycles. The highest BCUT2D eigenvalue weighted by atomic mass is 16.7. The first kappa shape index (κ1) is 26.5. The van der Waals surface area contributed by atoms with Crippen LogP contribution in [0.5, 0.6) is 34.5 Å². The Morgan fingerprint density at radius 3 is 0.974 bits per heavy atom. The first-order valence-corrected chi connectivity index (χ1v) is 14.2. The third kappa shape index (κ3) is 3.80. The van der Waals surface area contributed by atoms with E-state index in [-0.39, 0.29) is 10.8 Å². The fraction of sp³-hybridized carbons (Fsp3) is 0.636. The van der Waals surface area contributed by atoms with Gasteiger partial charge < -0.3 is 28.4 Å². The Kier molecular flexibility index (Phi) is 4.95. The van der Waals surface area contributed by atoms with Gasteiger partial charge in [0.2, 0.25) is 0 Å². The minimum Gasteiger partial charge on any atom is -0.480 e. The molecule has 6 heteroatoms. The van der Waals surface area contributed by atoms with Crippen molar-refractivity contribution in [1.82, 2.24) is 0 Å². The normalized spacial score (nSPS) is 26.4. The minimum atomic E-state index is -0.843. The van der Waals surface area contributed by atoms with Crippen LogP contribution >= 0.6 is 0 Å². The van der Waals surface area contributed by atoms with Crippen LogP contribution < -0.4 is 28.4 Å². The topological polar surface area (TPSA) is 55.4 Å². The maximum Gasteiger partial charge on any atom is 0.252 e. The van der Waals surface area contributed by atoms with Gasteiger partial charge in [0.05, 0.1) is 0 Å². The molecule has 2 aromatic rings. The Morgan fingerprint density at radius 2 is 0.667 bits per heavy atom. The third-order valence-electron chi connectivity index (χ3n) is 9.92. The SMILES string of the molecule is CC1(C)CC2(CC(C)(C)c3cc4c(cc3O2)OC(C)(C)C(C)(C)O4)Oc2cc3c(cc21)OC(C)(C)C(C)(C)O3. The van der Waals surface area contributed by atoms with Gasteiger partial charge in [-0.1, -0.05) is 27.7 Å². The van der Waals surface area contributed by atoms with E-state index in [1.54, 1.807) is 0 Å². The number of rotatable bonds is 0. The van der Waals surface area contributed by atoms with Crippen LogP contribution in [0.4, 0.5) is 0 Å². The van der Waals surface area contributed by atoms with Gasteiger partial charge in [-0.25, -0.2) is 0 Å². The molecule has 0 saturated heterocycles. The molecule has 0 amide bonds. The third-order valence-corrected chi connectivity index (χ3v) is 9.92. The van der Waals surface area contributed by atoms with E-state index in [4.69, 9.17) is 28.4 Å². The fourth-order valence-corrected chi connectivity index (χ4v) is 6.39. The summed E-state index contributed by atoms with van der Waals surface area (Å²) in [5, 5.41) is 0. The van der Waals surface area contributed by atoms with E-state index in [9.17, 15) is 0 Å². The maximum absolute atomic E-state index is 6.86. The largest absolute Gasteiger partial charge is 0.480 e. The second-order valence-corrected chi connectivity index (χ2v) is 15.3. The lowest BCUT2D eigenvalue weighted by molar-refractivity contribution is -0.167. The molecule has 2 aromatic carbocycles. The van der Waals surface area contributed by atoms with Gasteiger partial charge in [-0.3, -0.25) is 0 Å². The monoisotopic (exact) mass is 536 g/mol. The van der Waals surface area contributed by atoms with Gasteiger partial charge >= 0.3 is 0 Å². The highest BCUT2D eigenvalue weighted by Gasteiger charge is 2.55. The molecule has 0 bridgehead atoms. The smallest absolute Gasteiger partial charge is 0.252 e. The van der Waals surface area contributed by atoms with Crippen LogP contribution in [-0.2, 0) is 10.8 Å². The van der Waals surface area contributed by atoms with Crippen molar-refractivity contribution in [2.24, 2.45) is 0 Å². The van der Waals surface area contributed by atoms with Gasteiger partial charge in [0, 0.05) is 46.9 Å². The van der Waals surface area contributed by atoms with Gasteiger partial charge in [0.15, 0.2) is 23.0 Å². The molecular weight excluding hydrogens is 492 g/mol. The number of ether oxygens (including phenoxy) is 6. The van der Waals surface area contributed by atoms with E-state index >= 15 is 0 Å². The van der Waals surface area contributed by atoms with E-state index in [1.165, 1.54) is 0 Å². The molecule has 212 valence electrons. The predicted octanol–water partition coefficient (Wildman–Crippen LogP) is 7.86. The van der Waals surface area contributed by atoms with Gasteiger partial charge in [0.1, 0.15) is 33.9 Å². The Hall–Kier alpha value is -2.76. The molecule has 0 aliphatic carbocycles. The number of hydrogen-bond donors (Lipinski definition) is 0. The van der Waals surface area contributed by atoms with E-state index in [2.05, 4.69) is 95.2 Å². The summed E-state index contributed by atoms with van der Waals surface area (Å²) in [6, 6.07) is 8.18. The van der Waals surface area contributed by atoms with Crippen LogP contribution in [0, 0.1) is 0 Å². The molecule has 1 spiro atoms. The molecule has 0 aromatic heterocycles. The second-order valence-electron chi connectivity index (χ2n) is 15.3. The van der Waals surface area contributed by atoms with E-state index < -0.39 is 28.2 Å². The van der Waals surface area contributed by atoms with Gasteiger partial charge in [-0.05, 0) is 67.5 Å². The lowest BCUT2D eigenvalue weighted by Crippen LogP contribution is -2.57. The summed E-state index contributed by atoms with van der Waals surface area (Å²) in [4.78, 5) is 0. The maximum atomic E-state index is 6.86. The highest BCUT2D eigenvalue weighted by molar-refractivity contribution is 5.58. The molecule has 4 aliphatic heterocycles. The molecular formula is C33H44O6. The van der Waals surface area contributed by atoms with Crippen molar-refractivity contribution < 1.29 is 28.4 Å². The Bertz CT molecular complexity index is 1270. The Morgan fingerprint density at radius 1 is 0.385 bits per heavy atom. The zero-order valence-electron chi connectivity index (χ0n) is 25.7. The van der Waals surface area contributed by atoms with Crippen molar-refractivity contribution in [1.29, 1.82) is 0 Å². The molecule has 0 radical (unpaired) electrons. The van der Waals surface area contributed by atoms with Crippen molar-refractivity contribution in [3.63, 3.8) is 0 Å². The lowest BCUT2D eigenvalue weighted by atomic mass is 9.69. The highest BCUT2D eigenvalue weighted by Crippen LogP contribution is 2.58. The molecule has 0 unspecified atom stereocenters. The second kappa shape index (κ2) is 7.30. The van der Waals surface area contributed by atoms with Crippen molar-refractivity contribution in [3.05, 3.63) is 35.4 Å². The minimum absolute atomic E-state index is 0.226. The van der Waals surface area contributed by atoms with Gasteiger partial charge in [-0.2, -0.15) is 0 Å². The van der Waals surface area contributed by atoms with E-state index in [1.807, 2.05) is 12.1 Å². The predicted molar refractivity (Wildman–Crippen MR) is 151 cm³/mol.